The molecule has 124 valence electrons. The summed E-state index contributed by atoms with van der Waals surface area (Å²) in [4.78, 5) is 26.4. The minimum Gasteiger partial charge on any atom is -0.319 e. The van der Waals surface area contributed by atoms with Crippen molar-refractivity contribution in [2.24, 2.45) is 0 Å². The molecule has 24 heavy (non-hydrogen) atoms. The van der Waals surface area contributed by atoms with Gasteiger partial charge in [-0.1, -0.05) is 59.1 Å². The quantitative estimate of drug-likeness (QED) is 0.828. The van der Waals surface area contributed by atoms with Crippen molar-refractivity contribution in [3.8, 4) is 0 Å². The largest absolute Gasteiger partial charge is 0.325 e. The number of benzene rings is 2. The van der Waals surface area contributed by atoms with Gasteiger partial charge in [-0.15, -0.1) is 0 Å². The molecule has 2 aromatic carbocycles. The zero-order valence-corrected chi connectivity index (χ0v) is 14.8. The molecule has 0 spiro atoms. The van der Waals surface area contributed by atoms with E-state index in [0.29, 0.717) is 15.6 Å². The van der Waals surface area contributed by atoms with Gasteiger partial charge in [-0.3, -0.25) is 9.69 Å². The highest BCUT2D eigenvalue weighted by Crippen LogP contribution is 2.33. The summed E-state index contributed by atoms with van der Waals surface area (Å²) in [5.41, 5.74) is 1.46. The van der Waals surface area contributed by atoms with E-state index >= 15 is 0 Å². The molecule has 1 saturated heterocycles. The molecule has 1 N–H and O–H groups in total. The molecule has 0 aliphatic carbocycles. The van der Waals surface area contributed by atoms with Crippen molar-refractivity contribution in [3.63, 3.8) is 0 Å². The van der Waals surface area contributed by atoms with Gasteiger partial charge in [-0.2, -0.15) is 0 Å². The summed E-state index contributed by atoms with van der Waals surface area (Å²) >= 11 is 12.0. The molecule has 0 radical (unpaired) electrons. The van der Waals surface area contributed by atoms with E-state index in [9.17, 15) is 9.59 Å². The van der Waals surface area contributed by atoms with E-state index in [0.717, 1.165) is 11.1 Å². The lowest BCUT2D eigenvalue weighted by Crippen LogP contribution is -2.40. The molecule has 4 nitrogen and oxygen atoms in total. The first kappa shape index (κ1) is 16.8. The highest BCUT2D eigenvalue weighted by Gasteiger charge is 2.49. The van der Waals surface area contributed by atoms with Crippen LogP contribution < -0.4 is 5.32 Å². The summed E-state index contributed by atoms with van der Waals surface area (Å²) in [7, 11) is 0. The number of amides is 3. The Morgan fingerprint density at radius 1 is 1.04 bits per heavy atom. The summed E-state index contributed by atoms with van der Waals surface area (Å²) in [6, 6.07) is 12.2. The number of hydrogen-bond acceptors (Lipinski definition) is 2. The van der Waals surface area contributed by atoms with Gasteiger partial charge in [0.1, 0.15) is 5.54 Å². The lowest BCUT2D eigenvalue weighted by molar-refractivity contribution is -0.131. The highest BCUT2D eigenvalue weighted by atomic mass is 35.5. The van der Waals surface area contributed by atoms with E-state index in [1.54, 1.807) is 25.1 Å². The van der Waals surface area contributed by atoms with Crippen LogP contribution in [-0.2, 0) is 16.9 Å². The minimum atomic E-state index is -1.16. The highest BCUT2D eigenvalue weighted by molar-refractivity contribution is 6.42. The molecule has 6 heteroatoms. The molecular weight excluding hydrogens is 347 g/mol. The second-order valence-corrected chi connectivity index (χ2v) is 6.88. The maximum Gasteiger partial charge on any atom is 0.325 e. The van der Waals surface area contributed by atoms with Crippen LogP contribution in [0.4, 0.5) is 4.79 Å². The van der Waals surface area contributed by atoms with Crippen LogP contribution in [-0.4, -0.2) is 16.8 Å². The van der Waals surface area contributed by atoms with Crippen molar-refractivity contribution in [1.29, 1.82) is 0 Å². The van der Waals surface area contributed by atoms with E-state index in [4.69, 9.17) is 23.2 Å². The third-order valence-corrected chi connectivity index (χ3v) is 4.97. The van der Waals surface area contributed by atoms with Crippen molar-refractivity contribution in [2.45, 2.75) is 25.9 Å². The zero-order chi connectivity index (χ0) is 17.5. The summed E-state index contributed by atoms with van der Waals surface area (Å²) in [5, 5.41) is 3.50. The van der Waals surface area contributed by atoms with Crippen LogP contribution in [0.3, 0.4) is 0 Å². The van der Waals surface area contributed by atoms with E-state index in [-0.39, 0.29) is 12.5 Å². The van der Waals surface area contributed by atoms with Crippen LogP contribution >= 0.6 is 23.2 Å². The summed E-state index contributed by atoms with van der Waals surface area (Å²) in [6.45, 7) is 3.88. The monoisotopic (exact) mass is 362 g/mol. The lowest BCUT2D eigenvalue weighted by Gasteiger charge is -2.22. The smallest absolute Gasteiger partial charge is 0.319 e. The number of carbonyl (C=O) groups excluding carboxylic acids is 2. The number of aryl methyl sites for hydroxylation is 1. The summed E-state index contributed by atoms with van der Waals surface area (Å²) in [5.74, 6) is -0.313. The second kappa shape index (κ2) is 6.11. The molecule has 3 rings (SSSR count). The SMILES string of the molecule is Cc1ccc(CN2C(=O)NC(C)(c3ccc(Cl)c(Cl)c3)C2=O)cc1. The Balaban J connectivity index is 1.90. The maximum atomic E-state index is 12.9. The third kappa shape index (κ3) is 2.87. The molecule has 1 aliphatic heterocycles. The first-order valence-corrected chi connectivity index (χ1v) is 8.22. The van der Waals surface area contributed by atoms with Crippen LogP contribution in [0.25, 0.3) is 0 Å². The molecule has 0 bridgehead atoms. The Kier molecular flexibility index (Phi) is 4.28. The predicted octanol–water partition coefficient (Wildman–Crippen LogP) is 4.27. The molecule has 1 unspecified atom stereocenters. The van der Waals surface area contributed by atoms with Crippen LogP contribution in [0.1, 0.15) is 23.6 Å². The van der Waals surface area contributed by atoms with Gasteiger partial charge in [0.25, 0.3) is 5.91 Å². The number of rotatable bonds is 3. The average molecular weight is 363 g/mol. The maximum absolute atomic E-state index is 12.9. The van der Waals surface area contributed by atoms with E-state index in [1.165, 1.54) is 4.90 Å². The number of hydrogen-bond donors (Lipinski definition) is 1. The Labute approximate surface area is 150 Å². The van der Waals surface area contributed by atoms with Crippen molar-refractivity contribution in [3.05, 3.63) is 69.2 Å². The van der Waals surface area contributed by atoms with Gasteiger partial charge in [0.05, 0.1) is 16.6 Å². The number of nitrogens with zero attached hydrogens (tertiary/aromatic N) is 1. The number of urea groups is 1. The fraction of sp³-hybridized carbons (Fsp3) is 0.222. The molecule has 0 aromatic heterocycles. The van der Waals surface area contributed by atoms with Gasteiger partial charge in [0.15, 0.2) is 0 Å². The predicted molar refractivity (Wildman–Crippen MR) is 94.1 cm³/mol. The number of nitrogens with one attached hydrogen (secondary N) is 1. The van der Waals surface area contributed by atoms with Gasteiger partial charge in [0.2, 0.25) is 0 Å². The fourth-order valence-corrected chi connectivity index (χ4v) is 3.02. The van der Waals surface area contributed by atoms with Crippen LogP contribution in [0.2, 0.25) is 10.0 Å². The minimum absolute atomic E-state index is 0.224. The van der Waals surface area contributed by atoms with Gasteiger partial charge < -0.3 is 5.32 Å². The molecule has 0 saturated carbocycles. The third-order valence-electron chi connectivity index (χ3n) is 4.23. The first-order chi connectivity index (χ1) is 11.3. The molecular formula is C18H16Cl2N2O2. The number of halogens is 2. The van der Waals surface area contributed by atoms with Crippen LogP contribution in [0.15, 0.2) is 42.5 Å². The van der Waals surface area contributed by atoms with Gasteiger partial charge in [-0.05, 0) is 37.1 Å². The van der Waals surface area contributed by atoms with Gasteiger partial charge >= 0.3 is 6.03 Å². The Morgan fingerprint density at radius 3 is 2.33 bits per heavy atom. The fourth-order valence-electron chi connectivity index (χ4n) is 2.72. The molecule has 1 heterocycles. The van der Waals surface area contributed by atoms with E-state index in [1.807, 2.05) is 31.2 Å². The zero-order valence-electron chi connectivity index (χ0n) is 13.3. The van der Waals surface area contributed by atoms with Gasteiger partial charge in [-0.25, -0.2) is 4.79 Å². The van der Waals surface area contributed by atoms with E-state index < -0.39 is 11.6 Å². The topological polar surface area (TPSA) is 49.4 Å². The summed E-state index contributed by atoms with van der Waals surface area (Å²) in [6.07, 6.45) is 0. The van der Waals surface area contributed by atoms with Gasteiger partial charge in [0, 0.05) is 0 Å². The normalized spacial score (nSPS) is 20.4. The van der Waals surface area contributed by atoms with Crippen molar-refractivity contribution < 1.29 is 9.59 Å². The molecule has 1 aliphatic rings. The standard InChI is InChI=1S/C18H16Cl2N2O2/c1-11-3-5-12(6-4-11)10-22-16(23)18(2,21-17(22)24)13-7-8-14(19)15(20)9-13/h3-9H,10H2,1-2H3,(H,21,24). The molecule has 1 fully saturated rings. The molecule has 1 atom stereocenters. The van der Waals surface area contributed by atoms with Crippen LogP contribution in [0, 0.1) is 6.92 Å². The van der Waals surface area contributed by atoms with Crippen LogP contribution in [0.5, 0.6) is 0 Å². The van der Waals surface area contributed by atoms with Crippen molar-refractivity contribution in [1.82, 2.24) is 10.2 Å². The number of imide groups is 1. The van der Waals surface area contributed by atoms with Crippen molar-refractivity contribution in [2.75, 3.05) is 0 Å². The Hall–Kier alpha value is -2.04. The average Bonchev–Trinajstić information content (AvgIpc) is 2.76. The molecule has 3 amide bonds. The Bertz CT molecular complexity index is 820. The molecule has 2 aromatic rings. The van der Waals surface area contributed by atoms with E-state index in [2.05, 4.69) is 5.32 Å². The second-order valence-electron chi connectivity index (χ2n) is 6.06. The number of carbonyl (C=O) groups is 2. The summed E-state index contributed by atoms with van der Waals surface area (Å²) < 4.78 is 0. The Morgan fingerprint density at radius 2 is 1.71 bits per heavy atom. The lowest BCUT2D eigenvalue weighted by atomic mass is 9.92. The first-order valence-electron chi connectivity index (χ1n) is 7.46. The van der Waals surface area contributed by atoms with Crippen molar-refractivity contribution >= 4 is 35.1 Å².